The maximum absolute atomic E-state index is 11.5. The van der Waals surface area contributed by atoms with E-state index in [-0.39, 0.29) is 6.04 Å². The molecule has 1 heterocycles. The van der Waals surface area contributed by atoms with Gasteiger partial charge in [-0.25, -0.2) is 0 Å². The molecule has 1 atom stereocenters. The molecule has 1 aliphatic rings. The maximum atomic E-state index is 11.5. The molecule has 0 spiro atoms. The molecule has 100 valence electrons. The molecule has 2 nitrogen and oxygen atoms in total. The standard InChI is InChI=1S/C17H14ClNO/c1-12-6-8-13(9-7-12)17-10-15(18)14-4-2-3-5-16(14)19(17)11-20/h2-11,17H,1H3. The Labute approximate surface area is 123 Å². The van der Waals surface area contributed by atoms with Gasteiger partial charge in [-0.15, -0.1) is 0 Å². The van der Waals surface area contributed by atoms with Crippen molar-refractivity contribution >= 4 is 28.7 Å². The fourth-order valence-electron chi connectivity index (χ4n) is 2.50. The summed E-state index contributed by atoms with van der Waals surface area (Å²) in [6.07, 6.45) is 2.78. The van der Waals surface area contributed by atoms with Crippen LogP contribution in [-0.2, 0) is 4.79 Å². The molecule has 2 aromatic rings. The Kier molecular flexibility index (Phi) is 3.33. The van der Waals surface area contributed by atoms with Gasteiger partial charge in [0, 0.05) is 10.6 Å². The molecule has 0 N–H and O–H groups in total. The van der Waals surface area contributed by atoms with Gasteiger partial charge >= 0.3 is 0 Å². The molecular weight excluding hydrogens is 270 g/mol. The minimum Gasteiger partial charge on any atom is -0.303 e. The van der Waals surface area contributed by atoms with E-state index < -0.39 is 0 Å². The average molecular weight is 284 g/mol. The lowest BCUT2D eigenvalue weighted by molar-refractivity contribution is -0.107. The average Bonchev–Trinajstić information content (AvgIpc) is 2.48. The maximum Gasteiger partial charge on any atom is 0.214 e. The van der Waals surface area contributed by atoms with Crippen LogP contribution >= 0.6 is 11.6 Å². The summed E-state index contributed by atoms with van der Waals surface area (Å²) in [5.41, 5.74) is 3.98. The van der Waals surface area contributed by atoms with Crippen LogP contribution < -0.4 is 4.90 Å². The Morgan fingerprint density at radius 1 is 1.10 bits per heavy atom. The van der Waals surface area contributed by atoms with Gasteiger partial charge in [0.05, 0.1) is 11.7 Å². The molecule has 3 rings (SSSR count). The first-order valence-electron chi connectivity index (χ1n) is 6.47. The largest absolute Gasteiger partial charge is 0.303 e. The highest BCUT2D eigenvalue weighted by atomic mass is 35.5. The lowest BCUT2D eigenvalue weighted by Crippen LogP contribution is -2.29. The lowest BCUT2D eigenvalue weighted by atomic mass is 9.97. The smallest absolute Gasteiger partial charge is 0.214 e. The van der Waals surface area contributed by atoms with Crippen molar-refractivity contribution in [2.75, 3.05) is 4.90 Å². The van der Waals surface area contributed by atoms with Crippen LogP contribution in [0.1, 0.15) is 22.7 Å². The molecule has 0 fully saturated rings. The van der Waals surface area contributed by atoms with Crippen LogP contribution in [0.5, 0.6) is 0 Å². The number of benzene rings is 2. The topological polar surface area (TPSA) is 20.3 Å². The molecule has 0 saturated carbocycles. The molecule has 1 aliphatic heterocycles. The summed E-state index contributed by atoms with van der Waals surface area (Å²) in [6, 6.07) is 15.7. The number of amides is 1. The molecule has 1 amide bonds. The van der Waals surface area contributed by atoms with Gasteiger partial charge in [0.1, 0.15) is 0 Å². The first kappa shape index (κ1) is 12.9. The summed E-state index contributed by atoms with van der Waals surface area (Å²) >= 11 is 6.36. The Bertz CT molecular complexity index is 676. The Morgan fingerprint density at radius 2 is 1.80 bits per heavy atom. The molecule has 2 aromatic carbocycles. The van der Waals surface area contributed by atoms with E-state index in [2.05, 4.69) is 0 Å². The molecular formula is C17H14ClNO. The normalized spacial score (nSPS) is 17.4. The number of rotatable bonds is 2. The molecule has 3 heteroatoms. The number of carbonyl (C=O) groups is 1. The van der Waals surface area contributed by atoms with Gasteiger partial charge in [0.2, 0.25) is 6.41 Å². The highest BCUT2D eigenvalue weighted by Gasteiger charge is 2.26. The number of fused-ring (bicyclic) bond motifs is 1. The van der Waals surface area contributed by atoms with Gasteiger partial charge in [0.25, 0.3) is 0 Å². The minimum atomic E-state index is -0.157. The predicted molar refractivity (Wildman–Crippen MR) is 82.7 cm³/mol. The highest BCUT2D eigenvalue weighted by molar-refractivity contribution is 6.49. The van der Waals surface area contributed by atoms with Crippen molar-refractivity contribution < 1.29 is 4.79 Å². The van der Waals surface area contributed by atoms with Crippen LogP contribution in [0.4, 0.5) is 5.69 Å². The fraction of sp³-hybridized carbons (Fsp3) is 0.118. The first-order valence-corrected chi connectivity index (χ1v) is 6.85. The van der Waals surface area contributed by atoms with E-state index in [0.29, 0.717) is 5.03 Å². The minimum absolute atomic E-state index is 0.157. The zero-order valence-corrected chi connectivity index (χ0v) is 11.8. The fourth-order valence-corrected chi connectivity index (χ4v) is 2.78. The van der Waals surface area contributed by atoms with Gasteiger partial charge < -0.3 is 4.90 Å². The van der Waals surface area contributed by atoms with Gasteiger partial charge in [-0.05, 0) is 24.6 Å². The van der Waals surface area contributed by atoms with E-state index in [1.54, 1.807) is 4.90 Å². The van der Waals surface area contributed by atoms with E-state index >= 15 is 0 Å². The summed E-state index contributed by atoms with van der Waals surface area (Å²) in [5.74, 6) is 0. The van der Waals surface area contributed by atoms with Crippen molar-refractivity contribution in [3.05, 3.63) is 71.3 Å². The van der Waals surface area contributed by atoms with Crippen LogP contribution in [0.2, 0.25) is 0 Å². The second kappa shape index (κ2) is 5.14. The number of hydrogen-bond acceptors (Lipinski definition) is 1. The Balaban J connectivity index is 2.11. The van der Waals surface area contributed by atoms with Crippen LogP contribution in [0.3, 0.4) is 0 Å². The molecule has 0 saturated heterocycles. The van der Waals surface area contributed by atoms with Crippen molar-refractivity contribution in [3.8, 4) is 0 Å². The third kappa shape index (κ3) is 2.12. The highest BCUT2D eigenvalue weighted by Crippen LogP contribution is 2.40. The van der Waals surface area contributed by atoms with E-state index in [4.69, 9.17) is 11.6 Å². The molecule has 0 aromatic heterocycles. The lowest BCUT2D eigenvalue weighted by Gasteiger charge is -2.32. The van der Waals surface area contributed by atoms with Gasteiger partial charge in [-0.3, -0.25) is 4.79 Å². The third-order valence-corrected chi connectivity index (χ3v) is 3.91. The number of nitrogens with zero attached hydrogens (tertiary/aromatic N) is 1. The number of hydrogen-bond donors (Lipinski definition) is 0. The van der Waals surface area contributed by atoms with Gasteiger partial charge in [-0.1, -0.05) is 59.6 Å². The van der Waals surface area contributed by atoms with Crippen molar-refractivity contribution in [3.63, 3.8) is 0 Å². The van der Waals surface area contributed by atoms with Crippen molar-refractivity contribution in [1.82, 2.24) is 0 Å². The van der Waals surface area contributed by atoms with Crippen LogP contribution in [0, 0.1) is 6.92 Å². The number of aryl methyl sites for hydroxylation is 1. The zero-order valence-electron chi connectivity index (χ0n) is 11.1. The Morgan fingerprint density at radius 3 is 2.50 bits per heavy atom. The molecule has 0 radical (unpaired) electrons. The summed E-state index contributed by atoms with van der Waals surface area (Å²) in [4.78, 5) is 13.2. The van der Waals surface area contributed by atoms with Crippen LogP contribution in [0.15, 0.2) is 54.6 Å². The number of halogens is 1. The van der Waals surface area contributed by atoms with Crippen molar-refractivity contribution in [2.24, 2.45) is 0 Å². The van der Waals surface area contributed by atoms with E-state index in [0.717, 1.165) is 23.2 Å². The van der Waals surface area contributed by atoms with Gasteiger partial charge in [0.15, 0.2) is 0 Å². The quantitative estimate of drug-likeness (QED) is 0.753. The molecule has 1 unspecified atom stereocenters. The Hall–Kier alpha value is -2.06. The summed E-state index contributed by atoms with van der Waals surface area (Å²) < 4.78 is 0. The van der Waals surface area contributed by atoms with E-state index in [1.807, 2.05) is 61.5 Å². The van der Waals surface area contributed by atoms with Crippen molar-refractivity contribution in [1.29, 1.82) is 0 Å². The molecule has 20 heavy (non-hydrogen) atoms. The second-order valence-corrected chi connectivity index (χ2v) is 5.31. The summed E-state index contributed by atoms with van der Waals surface area (Å²) in [7, 11) is 0. The number of carbonyl (C=O) groups excluding carboxylic acids is 1. The van der Waals surface area contributed by atoms with Crippen LogP contribution in [0.25, 0.3) is 5.03 Å². The monoisotopic (exact) mass is 283 g/mol. The number of para-hydroxylation sites is 1. The molecule has 0 bridgehead atoms. The van der Waals surface area contributed by atoms with Gasteiger partial charge in [-0.2, -0.15) is 0 Å². The summed E-state index contributed by atoms with van der Waals surface area (Å²) in [5, 5.41) is 0.685. The predicted octanol–water partition coefficient (Wildman–Crippen LogP) is 4.29. The van der Waals surface area contributed by atoms with E-state index in [9.17, 15) is 4.79 Å². The van der Waals surface area contributed by atoms with Crippen LogP contribution in [-0.4, -0.2) is 6.41 Å². The zero-order chi connectivity index (χ0) is 14.1. The SMILES string of the molecule is Cc1ccc(C2C=C(Cl)c3ccccc3N2C=O)cc1. The number of anilines is 1. The summed E-state index contributed by atoms with van der Waals surface area (Å²) in [6.45, 7) is 2.04. The van der Waals surface area contributed by atoms with E-state index in [1.165, 1.54) is 5.56 Å². The second-order valence-electron chi connectivity index (χ2n) is 4.90. The molecule has 0 aliphatic carbocycles. The van der Waals surface area contributed by atoms with Crippen molar-refractivity contribution in [2.45, 2.75) is 13.0 Å². The third-order valence-electron chi connectivity index (χ3n) is 3.58. The first-order chi connectivity index (χ1) is 9.70.